The van der Waals surface area contributed by atoms with Gasteiger partial charge in [-0.15, -0.1) is 0 Å². The molecule has 0 radical (unpaired) electrons. The van der Waals surface area contributed by atoms with E-state index < -0.39 is 0 Å². The molecule has 0 fully saturated rings. The molecule has 1 atom stereocenters. The van der Waals surface area contributed by atoms with E-state index in [-0.39, 0.29) is 16.9 Å². The summed E-state index contributed by atoms with van der Waals surface area (Å²) >= 11 is 1.66. The Bertz CT molecular complexity index is 1020. The molecule has 1 aliphatic heterocycles. The number of nitrogens with zero attached hydrogens (tertiary/aromatic N) is 1. The predicted molar refractivity (Wildman–Crippen MR) is 114 cm³/mol. The van der Waals surface area contributed by atoms with Gasteiger partial charge in [-0.2, -0.15) is 0 Å². The molecule has 1 aliphatic rings. The lowest BCUT2D eigenvalue weighted by molar-refractivity contribution is 0.0982. The Labute approximate surface area is 168 Å². The zero-order valence-electron chi connectivity index (χ0n) is 15.2. The number of para-hydroxylation sites is 1. The number of hydrogen-bond acceptors (Lipinski definition) is 4. The van der Waals surface area contributed by atoms with Gasteiger partial charge >= 0.3 is 0 Å². The molecule has 3 nitrogen and oxygen atoms in total. The van der Waals surface area contributed by atoms with Gasteiger partial charge < -0.3 is 4.90 Å². The van der Waals surface area contributed by atoms with E-state index in [0.29, 0.717) is 17.5 Å². The Balaban J connectivity index is 1.57. The van der Waals surface area contributed by atoms with Crippen LogP contribution in [0, 0.1) is 0 Å². The van der Waals surface area contributed by atoms with Gasteiger partial charge in [0.1, 0.15) is 0 Å². The molecule has 0 aliphatic carbocycles. The first-order chi connectivity index (χ1) is 13.7. The van der Waals surface area contributed by atoms with Crippen LogP contribution in [0.2, 0.25) is 0 Å². The summed E-state index contributed by atoms with van der Waals surface area (Å²) in [5.74, 6) is 0.0433. The molecule has 4 rings (SSSR count). The molecule has 0 saturated heterocycles. The minimum atomic E-state index is -0.0788. The first-order valence-corrected chi connectivity index (χ1v) is 10.0. The first-order valence-electron chi connectivity index (χ1n) is 9.12. The van der Waals surface area contributed by atoms with Gasteiger partial charge in [-0.25, -0.2) is 0 Å². The van der Waals surface area contributed by atoms with Crippen LogP contribution in [0.3, 0.4) is 0 Å². The fourth-order valence-corrected chi connectivity index (χ4v) is 4.47. The second-order valence-corrected chi connectivity index (χ2v) is 7.71. The standard InChI is InChI=1S/C24H19NO2S/c26-21(18-9-3-1-4-10-18)15-16-25-20-13-7-8-14-23(20)28-24(25)17-22(27)19-11-5-2-6-12-19/h1-16,24H,17H2/b16-15+. The van der Waals surface area contributed by atoms with Crippen molar-refractivity contribution in [2.24, 2.45) is 0 Å². The highest BCUT2D eigenvalue weighted by Crippen LogP contribution is 2.45. The van der Waals surface area contributed by atoms with E-state index in [4.69, 9.17) is 0 Å². The molecule has 1 unspecified atom stereocenters. The second kappa shape index (κ2) is 8.28. The number of fused-ring (bicyclic) bond motifs is 1. The topological polar surface area (TPSA) is 37.4 Å². The number of Topliss-reactive ketones (excluding diaryl/α,β-unsaturated/α-hetero) is 1. The number of allylic oxidation sites excluding steroid dienone is 1. The minimum Gasteiger partial charge on any atom is -0.334 e. The molecule has 4 heteroatoms. The number of ketones is 2. The molecule has 0 saturated carbocycles. The molecule has 138 valence electrons. The monoisotopic (exact) mass is 385 g/mol. The maximum absolute atomic E-state index is 12.7. The van der Waals surface area contributed by atoms with Crippen LogP contribution in [0.5, 0.6) is 0 Å². The van der Waals surface area contributed by atoms with Crippen molar-refractivity contribution < 1.29 is 9.59 Å². The van der Waals surface area contributed by atoms with Gasteiger partial charge in [0.15, 0.2) is 11.6 Å². The van der Waals surface area contributed by atoms with E-state index in [0.717, 1.165) is 10.6 Å². The number of rotatable bonds is 6. The van der Waals surface area contributed by atoms with Gasteiger partial charge in [0.2, 0.25) is 0 Å². The van der Waals surface area contributed by atoms with Crippen LogP contribution in [0.15, 0.2) is 102 Å². The number of benzene rings is 3. The molecule has 3 aromatic carbocycles. The number of anilines is 1. The molecule has 0 spiro atoms. The fraction of sp³-hybridized carbons (Fsp3) is 0.0833. The molecule has 0 amide bonds. The number of thioether (sulfide) groups is 1. The molecule has 0 bridgehead atoms. The highest BCUT2D eigenvalue weighted by Gasteiger charge is 2.30. The van der Waals surface area contributed by atoms with E-state index in [1.807, 2.05) is 77.7 Å². The average Bonchev–Trinajstić information content (AvgIpc) is 3.10. The van der Waals surface area contributed by atoms with Crippen molar-refractivity contribution in [1.29, 1.82) is 0 Å². The van der Waals surface area contributed by atoms with E-state index in [2.05, 4.69) is 0 Å². The maximum atomic E-state index is 12.7. The largest absolute Gasteiger partial charge is 0.334 e. The van der Waals surface area contributed by atoms with Gasteiger partial charge in [-0.05, 0) is 12.1 Å². The Morgan fingerprint density at radius 3 is 2.14 bits per heavy atom. The van der Waals surface area contributed by atoms with Gasteiger partial charge in [0, 0.05) is 34.7 Å². The molecule has 28 heavy (non-hydrogen) atoms. The van der Waals surface area contributed by atoms with Crippen molar-refractivity contribution in [3.63, 3.8) is 0 Å². The normalized spacial score (nSPS) is 15.6. The van der Waals surface area contributed by atoms with Gasteiger partial charge in [0.25, 0.3) is 0 Å². The Kier molecular flexibility index (Phi) is 5.40. The summed E-state index contributed by atoms with van der Waals surface area (Å²) in [6.07, 6.45) is 3.75. The van der Waals surface area contributed by atoms with Crippen molar-refractivity contribution in [1.82, 2.24) is 0 Å². The molecular weight excluding hydrogens is 366 g/mol. The number of hydrogen-bond donors (Lipinski definition) is 0. The van der Waals surface area contributed by atoms with Crippen LogP contribution in [0.25, 0.3) is 0 Å². The smallest absolute Gasteiger partial charge is 0.187 e. The first kappa shape index (κ1) is 18.3. The highest BCUT2D eigenvalue weighted by atomic mass is 32.2. The Morgan fingerprint density at radius 1 is 0.821 bits per heavy atom. The molecular formula is C24H19NO2S. The zero-order valence-corrected chi connectivity index (χ0v) is 16.0. The molecule has 1 heterocycles. The summed E-state index contributed by atoms with van der Waals surface area (Å²) in [5, 5.41) is -0.0788. The lowest BCUT2D eigenvalue weighted by Crippen LogP contribution is -2.26. The Hall–Kier alpha value is -3.11. The van der Waals surface area contributed by atoms with Crippen molar-refractivity contribution in [3.05, 3.63) is 108 Å². The zero-order chi connectivity index (χ0) is 19.3. The fourth-order valence-electron chi connectivity index (χ4n) is 3.19. The molecule has 0 N–H and O–H groups in total. The summed E-state index contributed by atoms with van der Waals surface area (Å²) in [4.78, 5) is 28.3. The van der Waals surface area contributed by atoms with Crippen LogP contribution in [0.4, 0.5) is 5.69 Å². The van der Waals surface area contributed by atoms with E-state index in [1.165, 1.54) is 0 Å². The second-order valence-electron chi connectivity index (χ2n) is 6.49. The summed E-state index contributed by atoms with van der Waals surface area (Å²) in [6, 6.07) is 26.6. The van der Waals surface area contributed by atoms with E-state index >= 15 is 0 Å². The van der Waals surface area contributed by atoms with Gasteiger partial charge in [0.05, 0.1) is 11.1 Å². The average molecular weight is 385 g/mol. The number of carbonyl (C=O) groups is 2. The predicted octanol–water partition coefficient (Wildman–Crippen LogP) is 5.59. The summed E-state index contributed by atoms with van der Waals surface area (Å²) in [7, 11) is 0. The number of carbonyl (C=O) groups excluding carboxylic acids is 2. The van der Waals surface area contributed by atoms with E-state index in [1.54, 1.807) is 36.2 Å². The lowest BCUT2D eigenvalue weighted by atomic mass is 10.1. The third kappa shape index (κ3) is 3.92. The highest BCUT2D eigenvalue weighted by molar-refractivity contribution is 8.00. The third-order valence-electron chi connectivity index (χ3n) is 4.62. The summed E-state index contributed by atoms with van der Waals surface area (Å²) in [6.45, 7) is 0. The SMILES string of the molecule is O=C(/C=C/N1c2ccccc2SC1CC(=O)c1ccccc1)c1ccccc1. The van der Waals surface area contributed by atoms with Crippen LogP contribution >= 0.6 is 11.8 Å². The van der Waals surface area contributed by atoms with Crippen LogP contribution < -0.4 is 4.90 Å². The molecule has 3 aromatic rings. The van der Waals surface area contributed by atoms with Crippen LogP contribution in [-0.4, -0.2) is 16.9 Å². The van der Waals surface area contributed by atoms with Crippen molar-refractivity contribution >= 4 is 29.0 Å². The maximum Gasteiger partial charge on any atom is 0.187 e. The lowest BCUT2D eigenvalue weighted by Gasteiger charge is -2.22. The molecule has 0 aromatic heterocycles. The van der Waals surface area contributed by atoms with E-state index in [9.17, 15) is 9.59 Å². The third-order valence-corrected chi connectivity index (χ3v) is 5.88. The van der Waals surface area contributed by atoms with Crippen molar-refractivity contribution in [2.45, 2.75) is 16.7 Å². The summed E-state index contributed by atoms with van der Waals surface area (Å²) < 4.78 is 0. The summed E-state index contributed by atoms with van der Waals surface area (Å²) in [5.41, 5.74) is 2.38. The Morgan fingerprint density at radius 2 is 1.43 bits per heavy atom. The van der Waals surface area contributed by atoms with Crippen LogP contribution in [0.1, 0.15) is 27.1 Å². The minimum absolute atomic E-state index is 0.0527. The van der Waals surface area contributed by atoms with Gasteiger partial charge in [-0.3, -0.25) is 9.59 Å². The van der Waals surface area contributed by atoms with Crippen molar-refractivity contribution in [3.8, 4) is 0 Å². The van der Waals surface area contributed by atoms with Crippen molar-refractivity contribution in [2.75, 3.05) is 4.90 Å². The quantitative estimate of drug-likeness (QED) is 0.409. The van der Waals surface area contributed by atoms with Gasteiger partial charge in [-0.1, -0.05) is 84.6 Å². The van der Waals surface area contributed by atoms with Crippen LogP contribution in [-0.2, 0) is 0 Å².